The highest BCUT2D eigenvalue weighted by Crippen LogP contribution is 2.13. The monoisotopic (exact) mass is 314 g/mol. The number of carbonyl (C=O) groups excluding carboxylic acids is 1. The van der Waals surface area contributed by atoms with E-state index < -0.39 is 0 Å². The number of nitrogens with one attached hydrogen (secondary N) is 2. The summed E-state index contributed by atoms with van der Waals surface area (Å²) in [5.74, 6) is 1.60. The number of rotatable bonds is 4. The molecule has 7 nitrogen and oxygen atoms in total. The molecule has 112 valence electrons. The van der Waals surface area contributed by atoms with Gasteiger partial charge in [0.25, 0.3) is 0 Å². The van der Waals surface area contributed by atoms with Crippen molar-refractivity contribution in [2.45, 2.75) is 13.5 Å². The van der Waals surface area contributed by atoms with Gasteiger partial charge in [0, 0.05) is 42.3 Å². The van der Waals surface area contributed by atoms with E-state index >= 15 is 0 Å². The van der Waals surface area contributed by atoms with E-state index in [2.05, 4.69) is 25.6 Å². The Morgan fingerprint density at radius 3 is 2.91 bits per heavy atom. The van der Waals surface area contributed by atoms with E-state index in [1.54, 1.807) is 24.0 Å². The summed E-state index contributed by atoms with van der Waals surface area (Å²) >= 11 is 1.37. The molecule has 3 heterocycles. The fraction of sp³-hybridized carbons (Fsp3) is 0.143. The lowest BCUT2D eigenvalue weighted by atomic mass is 10.2. The number of hydrogen-bond acceptors (Lipinski definition) is 5. The number of pyridine rings is 1. The molecule has 2 N–H and O–H groups in total. The molecule has 2 amide bonds. The number of nitrogens with zero attached hydrogens (tertiary/aromatic N) is 4. The molecule has 0 spiro atoms. The van der Waals surface area contributed by atoms with Crippen molar-refractivity contribution in [2.75, 3.05) is 5.32 Å². The second-order valence-electron chi connectivity index (χ2n) is 4.48. The molecule has 8 heteroatoms. The van der Waals surface area contributed by atoms with Gasteiger partial charge >= 0.3 is 6.03 Å². The number of carbonyl (C=O) groups is 1. The van der Waals surface area contributed by atoms with E-state index in [-0.39, 0.29) is 6.03 Å². The minimum atomic E-state index is -0.299. The average Bonchev–Trinajstić information content (AvgIpc) is 3.17. The minimum absolute atomic E-state index is 0.299. The first kappa shape index (κ1) is 14.2. The van der Waals surface area contributed by atoms with Gasteiger partial charge < -0.3 is 5.32 Å². The summed E-state index contributed by atoms with van der Waals surface area (Å²) in [5.41, 5.74) is 0.901. The van der Waals surface area contributed by atoms with Crippen molar-refractivity contribution < 1.29 is 4.79 Å². The van der Waals surface area contributed by atoms with E-state index in [0.29, 0.717) is 11.7 Å². The van der Waals surface area contributed by atoms with Gasteiger partial charge in [0.1, 0.15) is 11.6 Å². The van der Waals surface area contributed by atoms with E-state index in [9.17, 15) is 4.79 Å². The van der Waals surface area contributed by atoms with Crippen molar-refractivity contribution >= 4 is 22.5 Å². The Hall–Kier alpha value is -2.74. The molecule has 0 aromatic carbocycles. The van der Waals surface area contributed by atoms with Gasteiger partial charge in [-0.15, -0.1) is 11.3 Å². The molecule has 22 heavy (non-hydrogen) atoms. The zero-order chi connectivity index (χ0) is 15.4. The number of thiazole rings is 1. The first-order chi connectivity index (χ1) is 10.7. The number of aromatic nitrogens is 4. The summed E-state index contributed by atoms with van der Waals surface area (Å²) in [6.07, 6.45) is 6.92. The van der Waals surface area contributed by atoms with Crippen molar-refractivity contribution in [3.8, 4) is 5.82 Å². The second-order valence-corrected chi connectivity index (χ2v) is 5.37. The van der Waals surface area contributed by atoms with Crippen LogP contribution in [0.4, 0.5) is 9.93 Å². The first-order valence-electron chi connectivity index (χ1n) is 6.62. The average molecular weight is 314 g/mol. The van der Waals surface area contributed by atoms with Crippen LogP contribution in [0.15, 0.2) is 42.3 Å². The lowest BCUT2D eigenvalue weighted by Gasteiger charge is -2.11. The van der Waals surface area contributed by atoms with Gasteiger partial charge in [-0.3, -0.25) is 9.88 Å². The molecule has 3 aromatic heterocycles. The van der Waals surface area contributed by atoms with Crippen LogP contribution < -0.4 is 10.6 Å². The maximum absolute atomic E-state index is 11.9. The normalized spacial score (nSPS) is 10.4. The van der Waals surface area contributed by atoms with E-state index in [1.165, 1.54) is 11.3 Å². The maximum atomic E-state index is 11.9. The van der Waals surface area contributed by atoms with Gasteiger partial charge in [0.2, 0.25) is 0 Å². The van der Waals surface area contributed by atoms with Crippen molar-refractivity contribution in [1.82, 2.24) is 24.8 Å². The zero-order valence-corrected chi connectivity index (χ0v) is 12.7. The maximum Gasteiger partial charge on any atom is 0.321 e. The third kappa shape index (κ3) is 3.12. The Kier molecular flexibility index (Phi) is 4.10. The van der Waals surface area contributed by atoms with Crippen LogP contribution in [0.1, 0.15) is 11.4 Å². The van der Waals surface area contributed by atoms with E-state index in [0.717, 1.165) is 17.2 Å². The van der Waals surface area contributed by atoms with Gasteiger partial charge in [-0.25, -0.2) is 19.7 Å². The van der Waals surface area contributed by atoms with Gasteiger partial charge in [-0.1, -0.05) is 6.07 Å². The summed E-state index contributed by atoms with van der Waals surface area (Å²) in [7, 11) is 0. The summed E-state index contributed by atoms with van der Waals surface area (Å²) in [6, 6.07) is 3.46. The number of hydrogen-bond donors (Lipinski definition) is 2. The third-order valence-corrected chi connectivity index (χ3v) is 3.70. The zero-order valence-electron chi connectivity index (χ0n) is 11.9. The quantitative estimate of drug-likeness (QED) is 0.774. The Morgan fingerprint density at radius 2 is 2.18 bits per heavy atom. The number of imidazole rings is 1. The van der Waals surface area contributed by atoms with E-state index in [4.69, 9.17) is 0 Å². The highest BCUT2D eigenvalue weighted by atomic mass is 32.1. The van der Waals surface area contributed by atoms with Crippen LogP contribution in [-0.2, 0) is 6.54 Å². The minimum Gasteiger partial charge on any atom is -0.334 e. The molecule has 3 aromatic rings. The molecule has 0 aliphatic heterocycles. The highest BCUT2D eigenvalue weighted by molar-refractivity contribution is 7.13. The summed E-state index contributed by atoms with van der Waals surface area (Å²) in [5, 5.41) is 7.84. The molecule has 3 rings (SSSR count). The van der Waals surface area contributed by atoms with Gasteiger partial charge in [0.15, 0.2) is 5.13 Å². The Labute approximate surface area is 131 Å². The molecular formula is C14H14N6OS. The van der Waals surface area contributed by atoms with Crippen molar-refractivity contribution in [3.63, 3.8) is 0 Å². The molecule has 0 atom stereocenters. The Morgan fingerprint density at radius 1 is 1.27 bits per heavy atom. The lowest BCUT2D eigenvalue weighted by Crippen LogP contribution is -2.28. The number of anilines is 1. The van der Waals surface area contributed by atoms with Crippen molar-refractivity contribution in [3.05, 3.63) is 53.7 Å². The Bertz CT molecular complexity index is 767. The molecule has 0 saturated heterocycles. The smallest absolute Gasteiger partial charge is 0.321 e. The summed E-state index contributed by atoms with van der Waals surface area (Å²) in [6.45, 7) is 2.26. The predicted octanol–water partition coefficient (Wildman–Crippen LogP) is 2.35. The number of urea groups is 1. The van der Waals surface area contributed by atoms with Crippen molar-refractivity contribution in [1.29, 1.82) is 0 Å². The SMILES string of the molecule is Cc1nccn1-c1ncccc1CNC(=O)Nc1nccs1. The van der Waals surface area contributed by atoms with Crippen LogP contribution in [0.2, 0.25) is 0 Å². The lowest BCUT2D eigenvalue weighted by molar-refractivity contribution is 0.251. The topological polar surface area (TPSA) is 84.7 Å². The number of aryl methyl sites for hydroxylation is 1. The third-order valence-electron chi connectivity index (χ3n) is 3.01. The molecule has 0 bridgehead atoms. The van der Waals surface area contributed by atoms with Crippen molar-refractivity contribution in [2.24, 2.45) is 0 Å². The second kappa shape index (κ2) is 6.35. The van der Waals surface area contributed by atoms with Crippen LogP contribution in [-0.4, -0.2) is 25.6 Å². The molecule has 0 unspecified atom stereocenters. The van der Waals surface area contributed by atoms with Gasteiger partial charge in [-0.05, 0) is 13.0 Å². The molecule has 0 fully saturated rings. The highest BCUT2D eigenvalue weighted by Gasteiger charge is 2.09. The fourth-order valence-electron chi connectivity index (χ4n) is 1.99. The van der Waals surface area contributed by atoms with Crippen LogP contribution in [0.25, 0.3) is 5.82 Å². The molecule has 0 aliphatic rings. The van der Waals surface area contributed by atoms with Gasteiger partial charge in [-0.2, -0.15) is 0 Å². The van der Waals surface area contributed by atoms with Crippen LogP contribution in [0.3, 0.4) is 0 Å². The van der Waals surface area contributed by atoms with Crippen LogP contribution in [0.5, 0.6) is 0 Å². The molecule has 0 radical (unpaired) electrons. The first-order valence-corrected chi connectivity index (χ1v) is 7.50. The van der Waals surface area contributed by atoms with Crippen LogP contribution >= 0.6 is 11.3 Å². The molecule has 0 aliphatic carbocycles. The van der Waals surface area contributed by atoms with E-state index in [1.807, 2.05) is 29.8 Å². The number of amides is 2. The summed E-state index contributed by atoms with van der Waals surface area (Å²) < 4.78 is 1.88. The molecule has 0 saturated carbocycles. The standard InChI is InChI=1S/C14H14N6OS/c1-10-15-5-7-20(10)12-11(3-2-4-16-12)9-18-13(21)19-14-17-6-8-22-14/h2-8H,9H2,1H3,(H2,17,18,19,21). The Balaban J connectivity index is 1.71. The van der Waals surface area contributed by atoms with Gasteiger partial charge in [0.05, 0.1) is 0 Å². The predicted molar refractivity (Wildman–Crippen MR) is 84.1 cm³/mol. The van der Waals surface area contributed by atoms with Crippen LogP contribution in [0, 0.1) is 6.92 Å². The largest absolute Gasteiger partial charge is 0.334 e. The fourth-order valence-corrected chi connectivity index (χ4v) is 2.51. The summed E-state index contributed by atoms with van der Waals surface area (Å²) in [4.78, 5) is 24.4. The molecular weight excluding hydrogens is 300 g/mol.